The number of nitrogens with one attached hydrogen (secondary N) is 2. The second-order valence-corrected chi connectivity index (χ2v) is 7.42. The molecule has 2 aromatic carbocycles. The third-order valence-corrected chi connectivity index (χ3v) is 4.84. The SMILES string of the molecule is Cc1cccnc1CC(=O)Nc1ccc(CCNC[C@H](O)COc2ccccc2)cc1. The molecular formula is C25H29N3O3. The van der Waals surface area contributed by atoms with Crippen LogP contribution >= 0.6 is 0 Å². The van der Waals surface area contributed by atoms with Crippen LogP contribution in [0.2, 0.25) is 0 Å². The Labute approximate surface area is 183 Å². The number of aliphatic hydroxyl groups is 1. The van der Waals surface area contributed by atoms with Crippen LogP contribution in [0.25, 0.3) is 0 Å². The number of aliphatic hydroxyl groups excluding tert-OH is 1. The van der Waals surface area contributed by atoms with Crippen molar-refractivity contribution in [1.82, 2.24) is 10.3 Å². The molecule has 0 spiro atoms. The van der Waals surface area contributed by atoms with E-state index in [-0.39, 0.29) is 18.9 Å². The minimum absolute atomic E-state index is 0.0806. The van der Waals surface area contributed by atoms with Crippen molar-refractivity contribution >= 4 is 11.6 Å². The first-order valence-electron chi connectivity index (χ1n) is 10.5. The van der Waals surface area contributed by atoms with Crippen LogP contribution in [0.4, 0.5) is 5.69 Å². The quantitative estimate of drug-likeness (QED) is 0.416. The number of anilines is 1. The molecule has 3 N–H and O–H groups in total. The summed E-state index contributed by atoms with van der Waals surface area (Å²) in [6.45, 7) is 3.41. The van der Waals surface area contributed by atoms with Crippen LogP contribution in [0, 0.1) is 6.92 Å². The predicted molar refractivity (Wildman–Crippen MR) is 122 cm³/mol. The molecule has 31 heavy (non-hydrogen) atoms. The first-order valence-corrected chi connectivity index (χ1v) is 10.5. The van der Waals surface area contributed by atoms with Crippen LogP contribution in [-0.4, -0.2) is 41.8 Å². The van der Waals surface area contributed by atoms with Crippen LogP contribution < -0.4 is 15.4 Å². The van der Waals surface area contributed by atoms with Gasteiger partial charge in [-0.25, -0.2) is 0 Å². The van der Waals surface area contributed by atoms with Gasteiger partial charge in [0.2, 0.25) is 5.91 Å². The van der Waals surface area contributed by atoms with E-state index in [2.05, 4.69) is 15.6 Å². The van der Waals surface area contributed by atoms with E-state index in [0.717, 1.165) is 41.2 Å². The van der Waals surface area contributed by atoms with E-state index in [1.54, 1.807) is 6.20 Å². The van der Waals surface area contributed by atoms with Crippen molar-refractivity contribution < 1.29 is 14.6 Å². The van der Waals surface area contributed by atoms with Crippen LogP contribution in [-0.2, 0) is 17.6 Å². The lowest BCUT2D eigenvalue weighted by Crippen LogP contribution is -2.32. The molecule has 0 saturated carbocycles. The largest absolute Gasteiger partial charge is 0.491 e. The van der Waals surface area contributed by atoms with Crippen molar-refractivity contribution in [2.45, 2.75) is 25.9 Å². The molecule has 6 heteroatoms. The molecule has 162 valence electrons. The molecule has 0 radical (unpaired) electrons. The van der Waals surface area contributed by atoms with E-state index in [4.69, 9.17) is 4.74 Å². The van der Waals surface area contributed by atoms with Crippen molar-refractivity contribution in [3.05, 3.63) is 89.7 Å². The number of carbonyl (C=O) groups excluding carboxylic acids is 1. The third kappa shape index (κ3) is 7.85. The standard InChI is InChI=1S/C25H29N3O3/c1-19-6-5-14-27-24(19)16-25(30)28-21-11-9-20(10-12-21)13-15-26-17-22(29)18-31-23-7-3-2-4-8-23/h2-12,14,22,26,29H,13,15-18H2,1H3,(H,28,30)/t22-/m0/s1. The zero-order valence-electron chi connectivity index (χ0n) is 17.8. The van der Waals surface area contributed by atoms with E-state index < -0.39 is 6.10 Å². The monoisotopic (exact) mass is 419 g/mol. The van der Waals surface area contributed by atoms with Gasteiger partial charge in [0, 0.05) is 18.4 Å². The summed E-state index contributed by atoms with van der Waals surface area (Å²) in [7, 11) is 0. The lowest BCUT2D eigenvalue weighted by Gasteiger charge is -2.13. The number of pyridine rings is 1. The predicted octanol–water partition coefficient (Wildman–Crippen LogP) is 3.14. The van der Waals surface area contributed by atoms with E-state index >= 15 is 0 Å². The van der Waals surface area contributed by atoms with Crippen LogP contribution in [0.5, 0.6) is 5.75 Å². The zero-order valence-corrected chi connectivity index (χ0v) is 17.8. The molecule has 0 bridgehead atoms. The van der Waals surface area contributed by atoms with E-state index in [0.29, 0.717) is 6.54 Å². The van der Waals surface area contributed by atoms with Crippen molar-refractivity contribution in [2.75, 3.05) is 25.0 Å². The van der Waals surface area contributed by atoms with Gasteiger partial charge < -0.3 is 20.5 Å². The number of ether oxygens (including phenoxy) is 1. The Morgan fingerprint density at radius 3 is 2.58 bits per heavy atom. The Balaban J connectivity index is 1.33. The number of rotatable bonds is 11. The molecule has 0 aliphatic rings. The van der Waals surface area contributed by atoms with Gasteiger partial charge in [-0.05, 0) is 61.3 Å². The number of benzene rings is 2. The number of aromatic nitrogens is 1. The Hall–Kier alpha value is -3.22. The van der Waals surface area contributed by atoms with Crippen LogP contribution in [0.15, 0.2) is 72.9 Å². The van der Waals surface area contributed by atoms with Gasteiger partial charge in [0.1, 0.15) is 18.5 Å². The van der Waals surface area contributed by atoms with E-state index in [9.17, 15) is 9.90 Å². The number of amides is 1. The molecule has 1 heterocycles. The minimum atomic E-state index is -0.569. The molecule has 0 saturated heterocycles. The summed E-state index contributed by atoms with van der Waals surface area (Å²) in [5.74, 6) is 0.673. The topological polar surface area (TPSA) is 83.5 Å². The van der Waals surface area contributed by atoms with Gasteiger partial charge in [0.25, 0.3) is 0 Å². The fraction of sp³-hybridized carbons (Fsp3) is 0.280. The molecule has 1 atom stereocenters. The highest BCUT2D eigenvalue weighted by molar-refractivity contribution is 5.92. The van der Waals surface area contributed by atoms with Gasteiger partial charge in [-0.15, -0.1) is 0 Å². The van der Waals surface area contributed by atoms with Crippen molar-refractivity contribution in [3.63, 3.8) is 0 Å². The highest BCUT2D eigenvalue weighted by Crippen LogP contribution is 2.12. The third-order valence-electron chi connectivity index (χ3n) is 4.84. The Bertz CT molecular complexity index is 946. The molecule has 3 rings (SSSR count). The average Bonchev–Trinajstić information content (AvgIpc) is 2.78. The second kappa shape index (κ2) is 11.8. The molecule has 3 aromatic rings. The maximum atomic E-state index is 12.2. The summed E-state index contributed by atoms with van der Waals surface area (Å²) >= 11 is 0. The Morgan fingerprint density at radius 1 is 1.06 bits per heavy atom. The number of hydrogen-bond acceptors (Lipinski definition) is 5. The molecule has 1 amide bonds. The van der Waals surface area contributed by atoms with Gasteiger partial charge in [0.05, 0.1) is 12.1 Å². The Morgan fingerprint density at radius 2 is 1.84 bits per heavy atom. The summed E-state index contributed by atoms with van der Waals surface area (Å²) < 4.78 is 5.54. The van der Waals surface area contributed by atoms with Gasteiger partial charge in [-0.2, -0.15) is 0 Å². The number of nitrogens with zero attached hydrogens (tertiary/aromatic N) is 1. The number of aryl methyl sites for hydroxylation is 1. The lowest BCUT2D eigenvalue weighted by atomic mass is 10.1. The van der Waals surface area contributed by atoms with Crippen molar-refractivity contribution in [3.8, 4) is 5.75 Å². The maximum absolute atomic E-state index is 12.2. The maximum Gasteiger partial charge on any atom is 0.230 e. The number of para-hydroxylation sites is 1. The fourth-order valence-electron chi connectivity index (χ4n) is 3.08. The fourth-order valence-corrected chi connectivity index (χ4v) is 3.08. The Kier molecular flexibility index (Phi) is 8.58. The highest BCUT2D eigenvalue weighted by atomic mass is 16.5. The molecule has 0 aliphatic heterocycles. The van der Waals surface area contributed by atoms with Gasteiger partial charge in [-0.1, -0.05) is 36.4 Å². The van der Waals surface area contributed by atoms with Crippen LogP contribution in [0.1, 0.15) is 16.8 Å². The molecular weight excluding hydrogens is 390 g/mol. The summed E-state index contributed by atoms with van der Waals surface area (Å²) in [6.07, 6.45) is 2.22. The zero-order chi connectivity index (χ0) is 21.9. The van der Waals surface area contributed by atoms with Crippen molar-refractivity contribution in [1.29, 1.82) is 0 Å². The van der Waals surface area contributed by atoms with Crippen LogP contribution in [0.3, 0.4) is 0 Å². The van der Waals surface area contributed by atoms with E-state index in [1.807, 2.05) is 73.7 Å². The molecule has 0 aliphatic carbocycles. The van der Waals surface area contributed by atoms with Gasteiger partial charge in [0.15, 0.2) is 0 Å². The molecule has 0 unspecified atom stereocenters. The lowest BCUT2D eigenvalue weighted by molar-refractivity contribution is -0.115. The summed E-state index contributed by atoms with van der Waals surface area (Å²) in [5.41, 5.74) is 3.72. The average molecular weight is 420 g/mol. The second-order valence-electron chi connectivity index (χ2n) is 7.42. The summed E-state index contributed by atoms with van der Waals surface area (Å²) in [5, 5.41) is 16.2. The first-order chi connectivity index (χ1) is 15.1. The van der Waals surface area contributed by atoms with Gasteiger partial charge in [-0.3, -0.25) is 9.78 Å². The highest BCUT2D eigenvalue weighted by Gasteiger charge is 2.08. The summed E-state index contributed by atoms with van der Waals surface area (Å²) in [6, 6.07) is 21.1. The summed E-state index contributed by atoms with van der Waals surface area (Å²) in [4.78, 5) is 16.5. The smallest absolute Gasteiger partial charge is 0.230 e. The van der Waals surface area contributed by atoms with E-state index in [1.165, 1.54) is 0 Å². The van der Waals surface area contributed by atoms with Crippen molar-refractivity contribution in [2.24, 2.45) is 0 Å². The first kappa shape index (κ1) is 22.5. The normalized spacial score (nSPS) is 11.7. The minimum Gasteiger partial charge on any atom is -0.491 e. The molecule has 1 aromatic heterocycles. The molecule has 6 nitrogen and oxygen atoms in total. The molecule has 0 fully saturated rings. The number of carbonyl (C=O) groups is 1. The number of hydrogen-bond donors (Lipinski definition) is 3. The van der Waals surface area contributed by atoms with Gasteiger partial charge >= 0.3 is 0 Å².